The minimum absolute atomic E-state index is 0.143. The summed E-state index contributed by atoms with van der Waals surface area (Å²) in [6, 6.07) is 19.1. The summed E-state index contributed by atoms with van der Waals surface area (Å²) < 4.78 is 5.11. The van der Waals surface area contributed by atoms with Crippen LogP contribution in [0.25, 0.3) is 5.57 Å². The molecule has 3 aliphatic carbocycles. The Hall–Kier alpha value is -2.35. The SMILES string of the molecule is COC(=O)C1=C(c2ccccc2)[C@@H]2[C@H]1[C@@H]1C[C@H]2c2ccccc21. The zero-order valence-electron chi connectivity index (χ0n) is 13.0. The molecular formula is C21H18O2. The van der Waals surface area contributed by atoms with Crippen LogP contribution in [0.2, 0.25) is 0 Å². The normalized spacial score (nSPS) is 29.8. The summed E-state index contributed by atoms with van der Waals surface area (Å²) in [5, 5.41) is 0. The molecule has 0 N–H and O–H groups in total. The molecule has 2 bridgehead atoms. The summed E-state index contributed by atoms with van der Waals surface area (Å²) in [4.78, 5) is 12.4. The highest BCUT2D eigenvalue weighted by molar-refractivity contribution is 6.04. The van der Waals surface area contributed by atoms with E-state index in [-0.39, 0.29) is 5.97 Å². The number of allylic oxidation sites excluding steroid dienone is 1. The molecule has 1 fully saturated rings. The Bertz CT molecular complexity index is 834. The second kappa shape index (κ2) is 4.58. The van der Waals surface area contributed by atoms with Crippen LogP contribution in [0.3, 0.4) is 0 Å². The number of benzene rings is 2. The molecule has 23 heavy (non-hydrogen) atoms. The van der Waals surface area contributed by atoms with Crippen molar-refractivity contribution in [1.29, 1.82) is 0 Å². The minimum atomic E-state index is -0.143. The molecule has 0 aromatic heterocycles. The first-order valence-electron chi connectivity index (χ1n) is 8.28. The van der Waals surface area contributed by atoms with Crippen LogP contribution in [0.4, 0.5) is 0 Å². The molecule has 114 valence electrons. The van der Waals surface area contributed by atoms with Crippen LogP contribution < -0.4 is 0 Å². The van der Waals surface area contributed by atoms with Crippen molar-refractivity contribution in [2.75, 3.05) is 7.11 Å². The first kappa shape index (κ1) is 13.1. The van der Waals surface area contributed by atoms with E-state index in [1.54, 1.807) is 0 Å². The fourth-order valence-electron chi connectivity index (χ4n) is 5.24. The molecule has 0 spiro atoms. The van der Waals surface area contributed by atoms with Gasteiger partial charge in [-0.3, -0.25) is 0 Å². The molecule has 0 radical (unpaired) electrons. The quantitative estimate of drug-likeness (QED) is 0.779. The Kier molecular flexibility index (Phi) is 2.61. The van der Waals surface area contributed by atoms with Gasteiger partial charge in [0, 0.05) is 11.5 Å². The van der Waals surface area contributed by atoms with E-state index >= 15 is 0 Å². The zero-order valence-corrected chi connectivity index (χ0v) is 13.0. The topological polar surface area (TPSA) is 26.3 Å². The average molecular weight is 302 g/mol. The van der Waals surface area contributed by atoms with E-state index in [2.05, 4.69) is 36.4 Å². The van der Waals surface area contributed by atoms with E-state index in [1.807, 2.05) is 18.2 Å². The molecule has 0 saturated heterocycles. The van der Waals surface area contributed by atoms with Gasteiger partial charge >= 0.3 is 5.97 Å². The summed E-state index contributed by atoms with van der Waals surface area (Å²) in [5.74, 6) is 1.73. The Labute approximate surface area is 135 Å². The van der Waals surface area contributed by atoms with Gasteiger partial charge in [0.2, 0.25) is 0 Å². The first-order chi connectivity index (χ1) is 11.3. The summed E-state index contributed by atoms with van der Waals surface area (Å²) in [6.45, 7) is 0. The van der Waals surface area contributed by atoms with Crippen LogP contribution in [-0.2, 0) is 9.53 Å². The van der Waals surface area contributed by atoms with Gasteiger partial charge < -0.3 is 4.74 Å². The molecule has 1 saturated carbocycles. The van der Waals surface area contributed by atoms with E-state index in [0.29, 0.717) is 23.7 Å². The van der Waals surface area contributed by atoms with Gasteiger partial charge in [-0.25, -0.2) is 4.79 Å². The van der Waals surface area contributed by atoms with E-state index in [1.165, 1.54) is 35.8 Å². The van der Waals surface area contributed by atoms with Gasteiger partial charge in [0.15, 0.2) is 0 Å². The summed E-state index contributed by atoms with van der Waals surface area (Å²) >= 11 is 0. The Balaban J connectivity index is 1.67. The van der Waals surface area contributed by atoms with Crippen molar-refractivity contribution in [3.8, 4) is 0 Å². The lowest BCUT2D eigenvalue weighted by Gasteiger charge is -2.44. The van der Waals surface area contributed by atoms with Crippen molar-refractivity contribution in [2.24, 2.45) is 11.8 Å². The van der Waals surface area contributed by atoms with Gasteiger partial charge in [0.25, 0.3) is 0 Å². The summed E-state index contributed by atoms with van der Waals surface area (Å²) in [7, 11) is 1.49. The van der Waals surface area contributed by atoms with Crippen molar-refractivity contribution < 1.29 is 9.53 Å². The molecule has 2 aromatic carbocycles. The minimum Gasteiger partial charge on any atom is -0.466 e. The molecule has 2 heteroatoms. The number of methoxy groups -OCH3 is 1. The van der Waals surface area contributed by atoms with Gasteiger partial charge in [-0.2, -0.15) is 0 Å². The summed E-state index contributed by atoms with van der Waals surface area (Å²) in [5.41, 5.74) is 6.28. The number of hydrogen-bond donors (Lipinski definition) is 0. The number of ether oxygens (including phenoxy) is 1. The average Bonchev–Trinajstić information content (AvgIpc) is 3.09. The van der Waals surface area contributed by atoms with Crippen LogP contribution in [0.15, 0.2) is 60.2 Å². The number of hydrogen-bond acceptors (Lipinski definition) is 2. The van der Waals surface area contributed by atoms with E-state index in [0.717, 1.165) is 5.57 Å². The maximum atomic E-state index is 12.4. The zero-order chi connectivity index (χ0) is 15.6. The molecule has 5 rings (SSSR count). The van der Waals surface area contributed by atoms with Crippen LogP contribution in [0.1, 0.15) is 34.9 Å². The predicted molar refractivity (Wildman–Crippen MR) is 88.9 cm³/mol. The van der Waals surface area contributed by atoms with Crippen molar-refractivity contribution in [1.82, 2.24) is 0 Å². The first-order valence-corrected chi connectivity index (χ1v) is 8.28. The monoisotopic (exact) mass is 302 g/mol. The molecule has 4 atom stereocenters. The third-order valence-corrected chi connectivity index (χ3v) is 6.00. The highest BCUT2D eigenvalue weighted by atomic mass is 16.5. The third-order valence-electron chi connectivity index (χ3n) is 6.00. The Morgan fingerprint density at radius 1 is 0.913 bits per heavy atom. The maximum Gasteiger partial charge on any atom is 0.334 e. The smallest absolute Gasteiger partial charge is 0.334 e. The fourth-order valence-corrected chi connectivity index (χ4v) is 5.24. The molecule has 0 aliphatic heterocycles. The molecule has 2 nitrogen and oxygen atoms in total. The summed E-state index contributed by atoms with van der Waals surface area (Å²) in [6.07, 6.45) is 1.17. The molecule has 0 heterocycles. The van der Waals surface area contributed by atoms with Crippen molar-refractivity contribution in [2.45, 2.75) is 18.3 Å². The Morgan fingerprint density at radius 2 is 1.52 bits per heavy atom. The molecule has 3 aliphatic rings. The van der Waals surface area contributed by atoms with Crippen LogP contribution in [0, 0.1) is 11.8 Å². The third kappa shape index (κ3) is 1.56. The van der Waals surface area contributed by atoms with E-state index in [9.17, 15) is 4.79 Å². The van der Waals surface area contributed by atoms with Crippen LogP contribution >= 0.6 is 0 Å². The number of rotatable bonds is 2. The standard InChI is InChI=1S/C21H18O2/c1-23-21(22)20-17(12-7-3-2-4-8-12)18-15-11-16(19(18)20)14-10-6-5-9-13(14)15/h2-10,15-16,18-19H,11H2,1H3/t15-,16+,18+,19+/m0/s1. The second-order valence-corrected chi connectivity index (χ2v) is 6.81. The molecular weight excluding hydrogens is 284 g/mol. The number of carbonyl (C=O) groups excluding carboxylic acids is 1. The lowest BCUT2D eigenvalue weighted by Crippen LogP contribution is -2.38. The van der Waals surface area contributed by atoms with Gasteiger partial charge in [0.05, 0.1) is 7.11 Å². The lowest BCUT2D eigenvalue weighted by atomic mass is 9.58. The van der Waals surface area contributed by atoms with Gasteiger partial charge in [-0.15, -0.1) is 0 Å². The number of esters is 1. The van der Waals surface area contributed by atoms with E-state index in [4.69, 9.17) is 4.74 Å². The highest BCUT2D eigenvalue weighted by Gasteiger charge is 2.60. The van der Waals surface area contributed by atoms with Crippen molar-refractivity contribution >= 4 is 11.5 Å². The maximum absolute atomic E-state index is 12.4. The molecule has 0 unspecified atom stereocenters. The fraction of sp³-hybridized carbons (Fsp3) is 0.286. The number of carbonyl (C=O) groups is 1. The second-order valence-electron chi connectivity index (χ2n) is 6.81. The van der Waals surface area contributed by atoms with Gasteiger partial charge in [-0.05, 0) is 46.4 Å². The van der Waals surface area contributed by atoms with Crippen molar-refractivity contribution in [3.63, 3.8) is 0 Å². The lowest BCUT2D eigenvalue weighted by molar-refractivity contribution is -0.137. The molecule has 2 aromatic rings. The predicted octanol–water partition coefficient (Wildman–Crippen LogP) is 4.14. The van der Waals surface area contributed by atoms with E-state index < -0.39 is 0 Å². The van der Waals surface area contributed by atoms with Crippen LogP contribution in [0.5, 0.6) is 0 Å². The Morgan fingerprint density at radius 3 is 2.17 bits per heavy atom. The van der Waals surface area contributed by atoms with Gasteiger partial charge in [-0.1, -0.05) is 54.6 Å². The largest absolute Gasteiger partial charge is 0.466 e. The highest BCUT2D eigenvalue weighted by Crippen LogP contribution is 2.70. The van der Waals surface area contributed by atoms with Gasteiger partial charge in [0.1, 0.15) is 0 Å². The molecule has 0 amide bonds. The number of fused-ring (bicyclic) bond motifs is 8. The van der Waals surface area contributed by atoms with Crippen molar-refractivity contribution in [3.05, 3.63) is 76.9 Å². The van der Waals surface area contributed by atoms with Crippen LogP contribution in [-0.4, -0.2) is 13.1 Å².